The Hall–Kier alpha value is -1.06. The second-order valence-corrected chi connectivity index (χ2v) is 9.35. The van der Waals surface area contributed by atoms with Crippen molar-refractivity contribution in [3.63, 3.8) is 0 Å². The Kier molecular flexibility index (Phi) is 6.86. The maximum atomic E-state index is 13.8. The van der Waals surface area contributed by atoms with Gasteiger partial charge in [-0.1, -0.05) is 6.07 Å². The number of hydrogen-bond donors (Lipinski definition) is 1. The van der Waals surface area contributed by atoms with Crippen molar-refractivity contribution in [1.29, 1.82) is 0 Å². The molecule has 2 N–H and O–H groups in total. The summed E-state index contributed by atoms with van der Waals surface area (Å²) in [6.45, 7) is 5.50. The first-order chi connectivity index (χ1) is 12.9. The zero-order chi connectivity index (χ0) is 19.4. The Labute approximate surface area is 161 Å². The van der Waals surface area contributed by atoms with E-state index in [9.17, 15) is 12.8 Å². The van der Waals surface area contributed by atoms with Crippen LogP contribution in [0.15, 0.2) is 23.1 Å². The number of hydrogen-bond acceptors (Lipinski definition) is 5. The fourth-order valence-electron chi connectivity index (χ4n) is 4.13. The fourth-order valence-corrected chi connectivity index (χ4v) is 5.61. The molecular formula is C19H30FN3O3S. The molecule has 2 fully saturated rings. The lowest BCUT2D eigenvalue weighted by molar-refractivity contribution is 0.00838. The van der Waals surface area contributed by atoms with Crippen LogP contribution in [0.1, 0.15) is 31.2 Å². The van der Waals surface area contributed by atoms with Crippen molar-refractivity contribution in [2.45, 2.75) is 49.6 Å². The quantitative estimate of drug-likeness (QED) is 0.788. The van der Waals surface area contributed by atoms with Crippen LogP contribution < -0.4 is 5.73 Å². The third-order valence-corrected chi connectivity index (χ3v) is 7.62. The minimum Gasteiger partial charge on any atom is -0.381 e. The van der Waals surface area contributed by atoms with Gasteiger partial charge in [0.2, 0.25) is 10.0 Å². The number of aryl methyl sites for hydroxylation is 1. The molecular weight excluding hydrogens is 369 g/mol. The van der Waals surface area contributed by atoms with Gasteiger partial charge in [-0.25, -0.2) is 12.8 Å². The number of piperidine rings is 1. The molecule has 8 heteroatoms. The monoisotopic (exact) mass is 399 g/mol. The lowest BCUT2D eigenvalue weighted by Gasteiger charge is -2.43. The van der Waals surface area contributed by atoms with Crippen molar-refractivity contribution in [3.05, 3.63) is 29.6 Å². The molecule has 152 valence electrons. The van der Waals surface area contributed by atoms with E-state index < -0.39 is 15.8 Å². The van der Waals surface area contributed by atoms with Crippen LogP contribution in [0, 0.1) is 12.7 Å². The predicted molar refractivity (Wildman–Crippen MR) is 103 cm³/mol. The third kappa shape index (κ3) is 4.68. The third-order valence-electron chi connectivity index (χ3n) is 5.72. The molecule has 1 aromatic rings. The lowest BCUT2D eigenvalue weighted by Crippen LogP contribution is -2.52. The van der Waals surface area contributed by atoms with E-state index in [0.717, 1.165) is 51.5 Å². The first-order valence-electron chi connectivity index (χ1n) is 9.73. The second kappa shape index (κ2) is 8.96. The lowest BCUT2D eigenvalue weighted by atomic mass is 9.99. The van der Waals surface area contributed by atoms with Gasteiger partial charge in [0.25, 0.3) is 0 Å². The van der Waals surface area contributed by atoms with Gasteiger partial charge < -0.3 is 10.5 Å². The molecule has 2 saturated heterocycles. The second-order valence-electron chi connectivity index (χ2n) is 7.42. The van der Waals surface area contributed by atoms with Gasteiger partial charge >= 0.3 is 0 Å². The van der Waals surface area contributed by atoms with Crippen molar-refractivity contribution in [1.82, 2.24) is 9.21 Å². The average molecular weight is 400 g/mol. The van der Waals surface area contributed by atoms with Crippen LogP contribution in [-0.4, -0.2) is 69.1 Å². The van der Waals surface area contributed by atoms with Gasteiger partial charge in [0.1, 0.15) is 5.82 Å². The van der Waals surface area contributed by atoms with Crippen LogP contribution in [0.5, 0.6) is 0 Å². The predicted octanol–water partition coefficient (Wildman–Crippen LogP) is 1.73. The molecule has 0 aromatic heterocycles. The Balaban J connectivity index is 1.66. The summed E-state index contributed by atoms with van der Waals surface area (Å²) in [7, 11) is -3.66. The maximum Gasteiger partial charge on any atom is 0.243 e. The van der Waals surface area contributed by atoms with Crippen LogP contribution in [0.3, 0.4) is 0 Å². The summed E-state index contributed by atoms with van der Waals surface area (Å²) in [6, 6.07) is 4.92. The molecule has 0 amide bonds. The number of sulfonamides is 1. The highest BCUT2D eigenvalue weighted by atomic mass is 32.2. The first kappa shape index (κ1) is 20.7. The van der Waals surface area contributed by atoms with E-state index in [4.69, 9.17) is 10.5 Å². The number of halogens is 1. The smallest absolute Gasteiger partial charge is 0.243 e. The molecule has 0 spiro atoms. The molecule has 0 unspecified atom stereocenters. The van der Waals surface area contributed by atoms with E-state index in [2.05, 4.69) is 4.90 Å². The van der Waals surface area contributed by atoms with E-state index in [1.807, 2.05) is 0 Å². The Morgan fingerprint density at radius 3 is 2.41 bits per heavy atom. The minimum absolute atomic E-state index is 0.0345. The molecule has 0 bridgehead atoms. The van der Waals surface area contributed by atoms with Crippen LogP contribution >= 0.6 is 0 Å². The Morgan fingerprint density at radius 2 is 1.81 bits per heavy atom. The molecule has 1 aromatic carbocycles. The van der Waals surface area contributed by atoms with Crippen LogP contribution in [0.2, 0.25) is 0 Å². The summed E-state index contributed by atoms with van der Waals surface area (Å²) in [4.78, 5) is 2.49. The van der Waals surface area contributed by atoms with Crippen LogP contribution in [0.25, 0.3) is 0 Å². The number of nitrogens with two attached hydrogens (primary N) is 1. The van der Waals surface area contributed by atoms with Gasteiger partial charge in [-0.3, -0.25) is 4.90 Å². The van der Waals surface area contributed by atoms with E-state index >= 15 is 0 Å². The van der Waals surface area contributed by atoms with Crippen molar-refractivity contribution < 1.29 is 17.5 Å². The van der Waals surface area contributed by atoms with Gasteiger partial charge in [0, 0.05) is 51.5 Å². The number of ether oxygens (including phenoxy) is 1. The Morgan fingerprint density at radius 1 is 1.19 bits per heavy atom. The molecule has 0 radical (unpaired) electrons. The maximum absolute atomic E-state index is 13.8. The minimum atomic E-state index is -3.66. The zero-order valence-electron chi connectivity index (χ0n) is 15.9. The fraction of sp³-hybridized carbons (Fsp3) is 0.684. The number of nitrogens with zero attached hydrogens (tertiary/aromatic N) is 2. The molecule has 27 heavy (non-hydrogen) atoms. The van der Waals surface area contributed by atoms with Gasteiger partial charge in [0.15, 0.2) is 0 Å². The summed E-state index contributed by atoms with van der Waals surface area (Å²) in [5.41, 5.74) is 6.27. The zero-order valence-corrected chi connectivity index (χ0v) is 16.8. The summed E-state index contributed by atoms with van der Waals surface area (Å²) < 4.78 is 46.5. The van der Waals surface area contributed by atoms with E-state index in [1.165, 1.54) is 16.4 Å². The van der Waals surface area contributed by atoms with Gasteiger partial charge in [-0.15, -0.1) is 0 Å². The summed E-state index contributed by atoms with van der Waals surface area (Å²) in [5.74, 6) is -0.486. The van der Waals surface area contributed by atoms with E-state index in [0.29, 0.717) is 37.3 Å². The molecule has 3 rings (SSSR count). The van der Waals surface area contributed by atoms with Crippen molar-refractivity contribution in [2.24, 2.45) is 5.73 Å². The summed E-state index contributed by atoms with van der Waals surface area (Å²) in [5, 5.41) is 0. The summed E-state index contributed by atoms with van der Waals surface area (Å²) >= 11 is 0. The van der Waals surface area contributed by atoms with E-state index in [1.54, 1.807) is 6.92 Å². The highest BCUT2D eigenvalue weighted by Crippen LogP contribution is 2.27. The largest absolute Gasteiger partial charge is 0.381 e. The first-order valence-corrected chi connectivity index (χ1v) is 11.2. The van der Waals surface area contributed by atoms with Gasteiger partial charge in [0.05, 0.1) is 4.90 Å². The van der Waals surface area contributed by atoms with Crippen LogP contribution in [-0.2, 0) is 14.8 Å². The topological polar surface area (TPSA) is 75.9 Å². The van der Waals surface area contributed by atoms with Crippen molar-refractivity contribution >= 4 is 10.0 Å². The summed E-state index contributed by atoms with van der Waals surface area (Å²) in [6.07, 6.45) is 3.54. The molecule has 6 nitrogen and oxygen atoms in total. The van der Waals surface area contributed by atoms with Gasteiger partial charge in [-0.2, -0.15) is 4.31 Å². The van der Waals surface area contributed by atoms with E-state index in [-0.39, 0.29) is 4.90 Å². The SMILES string of the molecule is Cc1ccc(S(=O)(=O)N2CCC(N(CCN)C3CCOCC3)CC2)cc1F. The molecule has 0 saturated carbocycles. The highest BCUT2D eigenvalue weighted by molar-refractivity contribution is 7.89. The number of rotatable bonds is 6. The van der Waals surface area contributed by atoms with Crippen molar-refractivity contribution in [3.8, 4) is 0 Å². The van der Waals surface area contributed by atoms with Gasteiger partial charge in [-0.05, 0) is 50.3 Å². The number of benzene rings is 1. The molecule has 2 aliphatic heterocycles. The molecule has 2 heterocycles. The molecule has 0 atom stereocenters. The average Bonchev–Trinajstić information content (AvgIpc) is 2.69. The molecule has 2 aliphatic rings. The van der Waals surface area contributed by atoms with Crippen LogP contribution in [0.4, 0.5) is 4.39 Å². The molecule has 0 aliphatic carbocycles. The Bertz CT molecular complexity index is 730. The highest BCUT2D eigenvalue weighted by Gasteiger charge is 2.34. The normalized spacial score (nSPS) is 21.0. The van der Waals surface area contributed by atoms with Crippen molar-refractivity contribution in [2.75, 3.05) is 39.4 Å². The standard InChI is InChI=1S/C19H30FN3O3S/c1-15-2-3-18(14-19(15)20)27(24,25)22-9-4-16(5-10-22)23(11-8-21)17-6-12-26-13-7-17/h2-3,14,16-17H,4-13,21H2,1H3.